The van der Waals surface area contributed by atoms with Crippen LogP contribution in [0.1, 0.15) is 39.5 Å². The van der Waals surface area contributed by atoms with Crippen LogP contribution in [0.2, 0.25) is 0 Å². The predicted octanol–water partition coefficient (Wildman–Crippen LogP) is 1.56. The van der Waals surface area contributed by atoms with E-state index in [1.165, 1.54) is 0 Å². The zero-order valence-electron chi connectivity index (χ0n) is 11.9. The number of hydrogen-bond donors (Lipinski definition) is 1. The molecule has 19 heavy (non-hydrogen) atoms. The molecule has 0 spiro atoms. The van der Waals surface area contributed by atoms with Crippen molar-refractivity contribution in [2.24, 2.45) is 11.8 Å². The minimum Gasteiger partial charge on any atom is -0.411 e. The lowest BCUT2D eigenvalue weighted by Crippen LogP contribution is -2.38. The van der Waals surface area contributed by atoms with Crippen LogP contribution in [0.25, 0.3) is 0 Å². The van der Waals surface area contributed by atoms with Crippen LogP contribution in [0.4, 0.5) is 0 Å². The number of hydrogen-bond acceptors (Lipinski definition) is 3. The molecular weight excluding hydrogens is 241 g/mol. The average Bonchev–Trinajstić information content (AvgIpc) is 2.69. The van der Waals surface area contributed by atoms with Gasteiger partial charge in [0, 0.05) is 24.7 Å². The maximum absolute atomic E-state index is 12.3. The maximum atomic E-state index is 12.3. The van der Waals surface area contributed by atoms with Gasteiger partial charge in [0.25, 0.3) is 0 Å². The van der Waals surface area contributed by atoms with Gasteiger partial charge in [-0.3, -0.25) is 4.79 Å². The summed E-state index contributed by atoms with van der Waals surface area (Å²) in [5, 5.41) is 2.97. The molecule has 2 rings (SSSR count). The highest BCUT2D eigenvalue weighted by Gasteiger charge is 2.44. The van der Waals surface area contributed by atoms with Crippen LogP contribution >= 0.6 is 0 Å². The molecule has 1 saturated carbocycles. The number of carbonyl (C=O) groups is 1. The van der Waals surface area contributed by atoms with E-state index in [-0.39, 0.29) is 17.9 Å². The first-order valence-electron chi connectivity index (χ1n) is 7.38. The Labute approximate surface area is 116 Å². The quantitative estimate of drug-likeness (QED) is 0.585. The summed E-state index contributed by atoms with van der Waals surface area (Å²) in [7, 11) is 0.392. The first kappa shape index (κ1) is 14.6. The summed E-state index contributed by atoms with van der Waals surface area (Å²) < 4.78 is 11.2. The molecule has 1 saturated heterocycles. The molecule has 2 bridgehead atoms. The van der Waals surface area contributed by atoms with Crippen molar-refractivity contribution >= 4 is 13.6 Å². The third-order valence-corrected chi connectivity index (χ3v) is 4.18. The smallest absolute Gasteiger partial charge is 0.411 e. The molecule has 4 atom stereocenters. The molecule has 0 aromatic carbocycles. The standard InChI is InChI=1S/C14H24BNO3/c1-3-5-6-7-11(14(17)16-4-2)12-8-10-9-13(12)19-15-18-10/h3,5,10-13,15H,4,6-9H2,1-2H3,(H,16,17). The SMILES string of the molecule is CC=CCCC(C(=O)NCC)C1CC2CC1OBO2. The van der Waals surface area contributed by atoms with E-state index < -0.39 is 0 Å². The normalized spacial score (nSPS) is 31.2. The fraction of sp³-hybridized carbons (Fsp3) is 0.786. The zero-order chi connectivity index (χ0) is 13.7. The second-order valence-electron chi connectivity index (χ2n) is 5.39. The average molecular weight is 265 g/mol. The van der Waals surface area contributed by atoms with E-state index in [4.69, 9.17) is 9.31 Å². The molecule has 4 unspecified atom stereocenters. The van der Waals surface area contributed by atoms with Crippen molar-refractivity contribution in [3.05, 3.63) is 12.2 Å². The Morgan fingerprint density at radius 3 is 3.00 bits per heavy atom. The van der Waals surface area contributed by atoms with E-state index in [9.17, 15) is 4.79 Å². The number of allylic oxidation sites excluding steroid dienone is 2. The minimum absolute atomic E-state index is 0.0489. The van der Waals surface area contributed by atoms with E-state index >= 15 is 0 Å². The Bertz CT molecular complexity index is 335. The second-order valence-corrected chi connectivity index (χ2v) is 5.39. The van der Waals surface area contributed by atoms with Gasteiger partial charge < -0.3 is 14.6 Å². The van der Waals surface area contributed by atoms with E-state index in [0.717, 1.165) is 25.7 Å². The van der Waals surface area contributed by atoms with E-state index in [1.54, 1.807) is 0 Å². The summed E-state index contributed by atoms with van der Waals surface area (Å²) in [5.41, 5.74) is 0. The largest absolute Gasteiger partial charge is 0.438 e. The van der Waals surface area contributed by atoms with Crippen molar-refractivity contribution in [1.29, 1.82) is 0 Å². The van der Waals surface area contributed by atoms with Crippen LogP contribution in [0.15, 0.2) is 12.2 Å². The van der Waals surface area contributed by atoms with E-state index in [1.807, 2.05) is 19.9 Å². The summed E-state index contributed by atoms with van der Waals surface area (Å²) in [6.45, 7) is 4.67. The lowest BCUT2D eigenvalue weighted by Gasteiger charge is -2.27. The van der Waals surface area contributed by atoms with Crippen molar-refractivity contribution in [2.45, 2.75) is 51.7 Å². The number of nitrogens with one attached hydrogen (secondary N) is 1. The van der Waals surface area contributed by atoms with Crippen LogP contribution in [-0.4, -0.2) is 32.3 Å². The van der Waals surface area contributed by atoms with Gasteiger partial charge in [0.1, 0.15) is 0 Å². The third-order valence-electron chi connectivity index (χ3n) is 4.18. The van der Waals surface area contributed by atoms with Crippen LogP contribution < -0.4 is 5.32 Å². The summed E-state index contributed by atoms with van der Waals surface area (Å²) in [4.78, 5) is 12.3. The van der Waals surface area contributed by atoms with Crippen molar-refractivity contribution < 1.29 is 14.1 Å². The topological polar surface area (TPSA) is 47.6 Å². The molecule has 4 nitrogen and oxygen atoms in total. The molecule has 1 heterocycles. The van der Waals surface area contributed by atoms with Crippen molar-refractivity contribution in [3.8, 4) is 0 Å². The second kappa shape index (κ2) is 7.10. The summed E-state index contributed by atoms with van der Waals surface area (Å²) >= 11 is 0. The summed E-state index contributed by atoms with van der Waals surface area (Å²) in [5.74, 6) is 0.533. The van der Waals surface area contributed by atoms with Crippen LogP contribution in [0, 0.1) is 11.8 Å². The molecule has 1 aliphatic heterocycles. The van der Waals surface area contributed by atoms with Gasteiger partial charge in [-0.05, 0) is 45.4 Å². The predicted molar refractivity (Wildman–Crippen MR) is 75.8 cm³/mol. The fourth-order valence-corrected chi connectivity index (χ4v) is 3.25. The Morgan fingerprint density at radius 1 is 1.47 bits per heavy atom. The first-order valence-corrected chi connectivity index (χ1v) is 7.38. The first-order chi connectivity index (χ1) is 9.26. The zero-order valence-corrected chi connectivity index (χ0v) is 11.9. The van der Waals surface area contributed by atoms with E-state index in [2.05, 4.69) is 11.4 Å². The molecule has 0 radical (unpaired) electrons. The number of amides is 1. The Balaban J connectivity index is 2.01. The van der Waals surface area contributed by atoms with Gasteiger partial charge >= 0.3 is 7.69 Å². The Morgan fingerprint density at radius 2 is 2.32 bits per heavy atom. The van der Waals surface area contributed by atoms with Crippen molar-refractivity contribution in [2.75, 3.05) is 6.54 Å². The molecule has 106 valence electrons. The van der Waals surface area contributed by atoms with Crippen LogP contribution in [-0.2, 0) is 14.1 Å². The van der Waals surface area contributed by atoms with Gasteiger partial charge in [-0.15, -0.1) is 0 Å². The van der Waals surface area contributed by atoms with Gasteiger partial charge in [0.05, 0.1) is 0 Å². The molecule has 2 fully saturated rings. The lowest BCUT2D eigenvalue weighted by molar-refractivity contribution is -0.127. The highest BCUT2D eigenvalue weighted by atomic mass is 16.6. The summed E-state index contributed by atoms with van der Waals surface area (Å²) in [6.07, 6.45) is 8.43. The molecule has 1 amide bonds. The molecule has 1 N–H and O–H groups in total. The van der Waals surface area contributed by atoms with Crippen LogP contribution in [0.5, 0.6) is 0 Å². The molecule has 5 heteroatoms. The van der Waals surface area contributed by atoms with Gasteiger partial charge in [0.2, 0.25) is 5.91 Å². The van der Waals surface area contributed by atoms with Crippen LogP contribution in [0.3, 0.4) is 0 Å². The van der Waals surface area contributed by atoms with Gasteiger partial charge in [-0.1, -0.05) is 12.2 Å². The van der Waals surface area contributed by atoms with Gasteiger partial charge in [-0.2, -0.15) is 0 Å². The molecule has 0 aromatic heterocycles. The lowest BCUT2D eigenvalue weighted by atomic mass is 9.84. The third kappa shape index (κ3) is 3.60. The van der Waals surface area contributed by atoms with Crippen molar-refractivity contribution in [1.82, 2.24) is 5.32 Å². The maximum Gasteiger partial charge on any atom is 0.438 e. The fourth-order valence-electron chi connectivity index (χ4n) is 3.25. The number of carbonyl (C=O) groups excluding carboxylic acids is 1. The van der Waals surface area contributed by atoms with Crippen molar-refractivity contribution in [3.63, 3.8) is 0 Å². The Kier molecular flexibility index (Phi) is 5.46. The highest BCUT2D eigenvalue weighted by Crippen LogP contribution is 2.39. The van der Waals surface area contributed by atoms with Gasteiger partial charge in [-0.25, -0.2) is 0 Å². The molecule has 1 aliphatic carbocycles. The number of fused-ring (bicyclic) bond motifs is 2. The molecule has 0 aromatic rings. The minimum atomic E-state index is 0.0489. The molecular formula is C14H24BNO3. The molecule has 2 aliphatic rings. The Hall–Kier alpha value is -0.805. The monoisotopic (exact) mass is 265 g/mol. The van der Waals surface area contributed by atoms with E-state index in [0.29, 0.717) is 26.3 Å². The number of rotatable bonds is 6. The van der Waals surface area contributed by atoms with Gasteiger partial charge in [0.15, 0.2) is 0 Å². The highest BCUT2D eigenvalue weighted by molar-refractivity contribution is 6.18. The summed E-state index contributed by atoms with van der Waals surface area (Å²) in [6, 6.07) is 0.